The van der Waals surface area contributed by atoms with Crippen LogP contribution in [0.1, 0.15) is 13.3 Å². The van der Waals surface area contributed by atoms with Crippen molar-refractivity contribution in [2.45, 2.75) is 13.3 Å². The van der Waals surface area contributed by atoms with Crippen LogP contribution in [-0.4, -0.2) is 23.2 Å². The molecule has 0 fully saturated rings. The van der Waals surface area contributed by atoms with Crippen LogP contribution in [0.2, 0.25) is 0 Å². The molecule has 0 aliphatic rings. The Morgan fingerprint density at radius 2 is 2.29 bits per heavy atom. The molecule has 94 valence electrons. The highest BCUT2D eigenvalue weighted by atomic mass is 79.9. The summed E-state index contributed by atoms with van der Waals surface area (Å²) >= 11 is 3.20. The van der Waals surface area contributed by atoms with Gasteiger partial charge < -0.3 is 10.4 Å². The fourth-order valence-electron chi connectivity index (χ4n) is 1.41. The minimum Gasteiger partial charge on any atom is -0.396 e. The van der Waals surface area contributed by atoms with Crippen LogP contribution in [0, 0.1) is 16.0 Å². The number of nitrogens with zero attached hydrogens (tertiary/aromatic N) is 1. The summed E-state index contributed by atoms with van der Waals surface area (Å²) in [6.07, 6.45) is 0.678. The van der Waals surface area contributed by atoms with Crippen molar-refractivity contribution in [1.29, 1.82) is 0 Å². The first-order valence-corrected chi connectivity index (χ1v) is 6.12. The predicted octanol–water partition coefficient (Wildman–Crippen LogP) is 2.79. The summed E-state index contributed by atoms with van der Waals surface area (Å²) in [4.78, 5) is 10.4. The number of aliphatic hydroxyl groups is 1. The molecule has 5 nitrogen and oxygen atoms in total. The average Bonchev–Trinajstić information content (AvgIpc) is 2.27. The third-order valence-electron chi connectivity index (χ3n) is 2.42. The topological polar surface area (TPSA) is 75.4 Å². The van der Waals surface area contributed by atoms with Crippen LogP contribution in [0.15, 0.2) is 22.7 Å². The van der Waals surface area contributed by atoms with Gasteiger partial charge in [-0.05, 0) is 24.5 Å². The lowest BCUT2D eigenvalue weighted by molar-refractivity contribution is -0.384. The van der Waals surface area contributed by atoms with Crippen molar-refractivity contribution in [3.8, 4) is 0 Å². The predicted molar refractivity (Wildman–Crippen MR) is 70.2 cm³/mol. The Balaban J connectivity index is 2.73. The number of rotatable bonds is 6. The van der Waals surface area contributed by atoms with Gasteiger partial charge in [-0.3, -0.25) is 10.1 Å². The summed E-state index contributed by atoms with van der Waals surface area (Å²) < 4.78 is 0.679. The zero-order chi connectivity index (χ0) is 12.8. The van der Waals surface area contributed by atoms with E-state index >= 15 is 0 Å². The Hall–Kier alpha value is -1.14. The van der Waals surface area contributed by atoms with Crippen LogP contribution in [-0.2, 0) is 0 Å². The van der Waals surface area contributed by atoms with Crippen LogP contribution < -0.4 is 5.32 Å². The highest BCUT2D eigenvalue weighted by Gasteiger charge is 2.14. The number of aliphatic hydroxyl groups excluding tert-OH is 1. The maximum absolute atomic E-state index is 10.8. The first kappa shape index (κ1) is 13.9. The van der Waals surface area contributed by atoms with E-state index in [9.17, 15) is 10.1 Å². The molecule has 1 rings (SSSR count). The highest BCUT2D eigenvalue weighted by molar-refractivity contribution is 9.10. The molecule has 1 aromatic rings. The van der Waals surface area contributed by atoms with Gasteiger partial charge in [0, 0.05) is 23.7 Å². The summed E-state index contributed by atoms with van der Waals surface area (Å²) in [5, 5.41) is 22.7. The number of benzene rings is 1. The SMILES string of the molecule is CC(CCO)CNc1ccc(Br)cc1[N+](=O)[O-]. The number of hydrogen-bond donors (Lipinski definition) is 2. The first-order chi connectivity index (χ1) is 8.04. The lowest BCUT2D eigenvalue weighted by Crippen LogP contribution is -2.13. The maximum atomic E-state index is 10.8. The summed E-state index contributed by atoms with van der Waals surface area (Å²) in [5.41, 5.74) is 0.554. The van der Waals surface area contributed by atoms with E-state index < -0.39 is 4.92 Å². The van der Waals surface area contributed by atoms with Crippen molar-refractivity contribution in [3.05, 3.63) is 32.8 Å². The van der Waals surface area contributed by atoms with Gasteiger partial charge in [0.25, 0.3) is 5.69 Å². The largest absolute Gasteiger partial charge is 0.396 e. The number of nitro groups is 1. The van der Waals surface area contributed by atoms with E-state index in [1.165, 1.54) is 6.07 Å². The molecule has 0 aliphatic carbocycles. The van der Waals surface area contributed by atoms with E-state index in [-0.39, 0.29) is 18.2 Å². The Labute approximate surface area is 108 Å². The molecule has 0 saturated carbocycles. The molecular formula is C11H15BrN2O3. The van der Waals surface area contributed by atoms with Crippen LogP contribution in [0.25, 0.3) is 0 Å². The molecule has 0 aliphatic heterocycles. The summed E-state index contributed by atoms with van der Waals surface area (Å²) in [6.45, 7) is 2.71. The molecule has 0 bridgehead atoms. The van der Waals surface area contributed by atoms with Gasteiger partial charge in [0.15, 0.2) is 0 Å². The van der Waals surface area contributed by atoms with Gasteiger partial charge in [0.1, 0.15) is 5.69 Å². The summed E-state index contributed by atoms with van der Waals surface area (Å²) in [6, 6.07) is 4.90. The number of halogens is 1. The molecule has 1 atom stereocenters. The zero-order valence-electron chi connectivity index (χ0n) is 9.52. The Bertz CT molecular complexity index is 398. The first-order valence-electron chi connectivity index (χ1n) is 5.33. The fourth-order valence-corrected chi connectivity index (χ4v) is 1.76. The lowest BCUT2D eigenvalue weighted by atomic mass is 10.1. The van der Waals surface area contributed by atoms with Gasteiger partial charge >= 0.3 is 0 Å². The van der Waals surface area contributed by atoms with Crippen molar-refractivity contribution < 1.29 is 10.0 Å². The Kier molecular flexibility index (Phi) is 5.37. The Morgan fingerprint density at radius 1 is 1.59 bits per heavy atom. The number of hydrogen-bond acceptors (Lipinski definition) is 4. The highest BCUT2D eigenvalue weighted by Crippen LogP contribution is 2.28. The molecule has 0 aromatic heterocycles. The average molecular weight is 303 g/mol. The summed E-state index contributed by atoms with van der Waals surface area (Å²) in [7, 11) is 0. The molecule has 1 aromatic carbocycles. The smallest absolute Gasteiger partial charge is 0.293 e. The molecule has 0 saturated heterocycles. The lowest BCUT2D eigenvalue weighted by Gasteiger charge is -2.12. The van der Waals surface area contributed by atoms with Crippen LogP contribution >= 0.6 is 15.9 Å². The molecule has 0 radical (unpaired) electrons. The van der Waals surface area contributed by atoms with Crippen LogP contribution in [0.5, 0.6) is 0 Å². The third-order valence-corrected chi connectivity index (χ3v) is 2.91. The quantitative estimate of drug-likeness (QED) is 0.626. The molecule has 0 spiro atoms. The molecule has 6 heteroatoms. The number of nitrogens with one attached hydrogen (secondary N) is 1. The van der Waals surface area contributed by atoms with E-state index in [2.05, 4.69) is 21.2 Å². The van der Waals surface area contributed by atoms with Gasteiger partial charge in [0.2, 0.25) is 0 Å². The van der Waals surface area contributed by atoms with E-state index in [0.29, 0.717) is 23.1 Å². The summed E-state index contributed by atoms with van der Waals surface area (Å²) in [5.74, 6) is 0.267. The monoisotopic (exact) mass is 302 g/mol. The molecule has 1 unspecified atom stereocenters. The van der Waals surface area contributed by atoms with E-state index in [4.69, 9.17) is 5.11 Å². The molecular weight excluding hydrogens is 288 g/mol. The van der Waals surface area contributed by atoms with Crippen molar-refractivity contribution in [2.75, 3.05) is 18.5 Å². The minimum atomic E-state index is -0.413. The van der Waals surface area contributed by atoms with Crippen molar-refractivity contribution in [1.82, 2.24) is 0 Å². The second-order valence-corrected chi connectivity index (χ2v) is 4.83. The number of nitro benzene ring substituents is 1. The van der Waals surface area contributed by atoms with Gasteiger partial charge in [-0.2, -0.15) is 0 Å². The second-order valence-electron chi connectivity index (χ2n) is 3.92. The minimum absolute atomic E-state index is 0.0515. The van der Waals surface area contributed by atoms with Gasteiger partial charge in [-0.25, -0.2) is 0 Å². The number of anilines is 1. The fraction of sp³-hybridized carbons (Fsp3) is 0.455. The van der Waals surface area contributed by atoms with E-state index in [0.717, 1.165) is 0 Å². The van der Waals surface area contributed by atoms with E-state index in [1.54, 1.807) is 12.1 Å². The van der Waals surface area contributed by atoms with Gasteiger partial charge in [-0.15, -0.1) is 0 Å². The van der Waals surface area contributed by atoms with Gasteiger partial charge in [0.05, 0.1) is 4.92 Å². The standard InChI is InChI=1S/C11H15BrN2O3/c1-8(4-5-15)7-13-10-3-2-9(12)6-11(10)14(16)17/h2-3,6,8,13,15H,4-5,7H2,1H3. The van der Waals surface area contributed by atoms with Crippen molar-refractivity contribution in [2.24, 2.45) is 5.92 Å². The Morgan fingerprint density at radius 3 is 2.88 bits per heavy atom. The van der Waals surface area contributed by atoms with E-state index in [1.807, 2.05) is 6.92 Å². The van der Waals surface area contributed by atoms with Crippen LogP contribution in [0.3, 0.4) is 0 Å². The maximum Gasteiger partial charge on any atom is 0.293 e. The van der Waals surface area contributed by atoms with Gasteiger partial charge in [-0.1, -0.05) is 22.9 Å². The zero-order valence-corrected chi connectivity index (χ0v) is 11.1. The third kappa shape index (κ3) is 4.32. The normalized spacial score (nSPS) is 12.2. The molecule has 2 N–H and O–H groups in total. The molecule has 17 heavy (non-hydrogen) atoms. The van der Waals surface area contributed by atoms with Crippen LogP contribution in [0.4, 0.5) is 11.4 Å². The van der Waals surface area contributed by atoms with Crippen molar-refractivity contribution in [3.63, 3.8) is 0 Å². The molecule has 0 amide bonds. The molecule has 0 heterocycles. The van der Waals surface area contributed by atoms with Crippen molar-refractivity contribution >= 4 is 27.3 Å². The second kappa shape index (κ2) is 6.56.